The molecule has 13 heavy (non-hydrogen) atoms. The zero-order valence-electron chi connectivity index (χ0n) is 9.27. The van der Waals surface area contributed by atoms with Crippen molar-refractivity contribution in [2.45, 2.75) is 40.0 Å². The standard InChI is InChI=1S/C12H23N/c1-5-6-7-12(4)8-9-13-10-11(2)3/h1,11-13H,6-10H2,2-4H3. The SMILES string of the molecule is C#CCCC(C)CCNCC(C)C. The van der Waals surface area contributed by atoms with Crippen LogP contribution in [0.4, 0.5) is 0 Å². The van der Waals surface area contributed by atoms with Crippen molar-refractivity contribution >= 4 is 0 Å². The summed E-state index contributed by atoms with van der Waals surface area (Å²) in [7, 11) is 0. The van der Waals surface area contributed by atoms with Gasteiger partial charge in [0.25, 0.3) is 0 Å². The van der Waals surface area contributed by atoms with E-state index in [0.717, 1.165) is 31.3 Å². The highest BCUT2D eigenvalue weighted by Crippen LogP contribution is 2.08. The lowest BCUT2D eigenvalue weighted by atomic mass is 10.0. The zero-order chi connectivity index (χ0) is 10.1. The Morgan fingerprint density at radius 3 is 2.46 bits per heavy atom. The third-order valence-electron chi connectivity index (χ3n) is 2.15. The summed E-state index contributed by atoms with van der Waals surface area (Å²) in [6.07, 6.45) is 8.54. The lowest BCUT2D eigenvalue weighted by Crippen LogP contribution is -2.22. The summed E-state index contributed by atoms with van der Waals surface area (Å²) in [6.45, 7) is 8.99. The van der Waals surface area contributed by atoms with Crippen LogP contribution in [-0.4, -0.2) is 13.1 Å². The first-order valence-corrected chi connectivity index (χ1v) is 5.31. The van der Waals surface area contributed by atoms with Gasteiger partial charge in [0.05, 0.1) is 0 Å². The van der Waals surface area contributed by atoms with Crippen LogP contribution in [0.25, 0.3) is 0 Å². The van der Waals surface area contributed by atoms with Crippen molar-refractivity contribution < 1.29 is 0 Å². The minimum Gasteiger partial charge on any atom is -0.316 e. The minimum absolute atomic E-state index is 0.751. The summed E-state index contributed by atoms with van der Waals surface area (Å²) in [6, 6.07) is 0. The molecular weight excluding hydrogens is 158 g/mol. The number of hydrogen-bond acceptors (Lipinski definition) is 1. The van der Waals surface area contributed by atoms with Gasteiger partial charge in [-0.15, -0.1) is 12.3 Å². The van der Waals surface area contributed by atoms with Crippen LogP contribution in [0.15, 0.2) is 0 Å². The van der Waals surface area contributed by atoms with E-state index in [4.69, 9.17) is 6.42 Å². The largest absolute Gasteiger partial charge is 0.316 e. The number of nitrogens with one attached hydrogen (secondary N) is 1. The van der Waals surface area contributed by atoms with Crippen molar-refractivity contribution in [1.29, 1.82) is 0 Å². The normalized spacial score (nSPS) is 12.8. The molecule has 76 valence electrons. The van der Waals surface area contributed by atoms with Gasteiger partial charge in [0.15, 0.2) is 0 Å². The molecule has 0 saturated heterocycles. The van der Waals surface area contributed by atoms with Gasteiger partial charge in [-0.05, 0) is 37.8 Å². The van der Waals surface area contributed by atoms with Crippen molar-refractivity contribution in [2.24, 2.45) is 11.8 Å². The summed E-state index contributed by atoms with van der Waals surface area (Å²) < 4.78 is 0. The van der Waals surface area contributed by atoms with Gasteiger partial charge in [-0.25, -0.2) is 0 Å². The molecule has 0 rings (SSSR count). The van der Waals surface area contributed by atoms with E-state index in [-0.39, 0.29) is 0 Å². The van der Waals surface area contributed by atoms with E-state index in [1.807, 2.05) is 0 Å². The molecule has 0 aromatic heterocycles. The van der Waals surface area contributed by atoms with Gasteiger partial charge in [-0.1, -0.05) is 20.8 Å². The first-order valence-electron chi connectivity index (χ1n) is 5.31. The Balaban J connectivity index is 3.17. The molecule has 1 unspecified atom stereocenters. The molecule has 0 aromatic carbocycles. The van der Waals surface area contributed by atoms with E-state index in [1.165, 1.54) is 12.8 Å². The first kappa shape index (κ1) is 12.5. The maximum atomic E-state index is 5.21. The van der Waals surface area contributed by atoms with Crippen LogP contribution in [0.1, 0.15) is 40.0 Å². The molecule has 0 spiro atoms. The van der Waals surface area contributed by atoms with Crippen LogP contribution in [0.3, 0.4) is 0 Å². The molecule has 0 aromatic rings. The van der Waals surface area contributed by atoms with E-state index in [9.17, 15) is 0 Å². The fourth-order valence-electron chi connectivity index (χ4n) is 1.21. The maximum absolute atomic E-state index is 5.21. The lowest BCUT2D eigenvalue weighted by molar-refractivity contribution is 0.458. The summed E-state index contributed by atoms with van der Waals surface area (Å²) in [5.74, 6) is 4.20. The van der Waals surface area contributed by atoms with Gasteiger partial charge < -0.3 is 5.32 Å². The Hall–Kier alpha value is -0.480. The molecule has 0 fully saturated rings. The topological polar surface area (TPSA) is 12.0 Å². The third-order valence-corrected chi connectivity index (χ3v) is 2.15. The van der Waals surface area contributed by atoms with Crippen molar-refractivity contribution in [1.82, 2.24) is 5.32 Å². The van der Waals surface area contributed by atoms with E-state index in [2.05, 4.69) is 32.0 Å². The fraction of sp³-hybridized carbons (Fsp3) is 0.833. The summed E-state index contributed by atoms with van der Waals surface area (Å²) in [5.41, 5.74) is 0. The molecule has 0 heterocycles. The number of rotatable bonds is 7. The quantitative estimate of drug-likeness (QED) is 0.470. The molecule has 0 bridgehead atoms. The van der Waals surface area contributed by atoms with Crippen LogP contribution in [0.2, 0.25) is 0 Å². The van der Waals surface area contributed by atoms with E-state index in [0.29, 0.717) is 0 Å². The number of hydrogen-bond donors (Lipinski definition) is 1. The van der Waals surface area contributed by atoms with E-state index < -0.39 is 0 Å². The molecule has 0 radical (unpaired) electrons. The Morgan fingerprint density at radius 1 is 1.23 bits per heavy atom. The first-order chi connectivity index (χ1) is 6.16. The molecule has 0 saturated carbocycles. The summed E-state index contributed by atoms with van der Waals surface area (Å²) in [4.78, 5) is 0. The van der Waals surface area contributed by atoms with Crippen LogP contribution < -0.4 is 5.32 Å². The number of terminal acetylenes is 1. The van der Waals surface area contributed by atoms with E-state index >= 15 is 0 Å². The van der Waals surface area contributed by atoms with Crippen LogP contribution in [0.5, 0.6) is 0 Å². The third kappa shape index (κ3) is 9.43. The molecule has 1 heteroatoms. The Morgan fingerprint density at radius 2 is 1.92 bits per heavy atom. The molecule has 1 N–H and O–H groups in total. The van der Waals surface area contributed by atoms with Crippen LogP contribution >= 0.6 is 0 Å². The van der Waals surface area contributed by atoms with Crippen molar-refractivity contribution in [3.8, 4) is 12.3 Å². The molecule has 1 atom stereocenters. The van der Waals surface area contributed by atoms with Gasteiger partial charge in [0.1, 0.15) is 0 Å². The van der Waals surface area contributed by atoms with Gasteiger partial charge in [0.2, 0.25) is 0 Å². The molecule has 1 nitrogen and oxygen atoms in total. The fourth-order valence-corrected chi connectivity index (χ4v) is 1.21. The minimum atomic E-state index is 0.751. The highest BCUT2D eigenvalue weighted by atomic mass is 14.8. The van der Waals surface area contributed by atoms with Crippen molar-refractivity contribution in [3.63, 3.8) is 0 Å². The molecular formula is C12H23N. The monoisotopic (exact) mass is 181 g/mol. The van der Waals surface area contributed by atoms with E-state index in [1.54, 1.807) is 0 Å². The maximum Gasteiger partial charge on any atom is 0.00886 e. The van der Waals surface area contributed by atoms with Crippen molar-refractivity contribution in [3.05, 3.63) is 0 Å². The molecule has 0 aliphatic carbocycles. The van der Waals surface area contributed by atoms with Crippen molar-refractivity contribution in [2.75, 3.05) is 13.1 Å². The Kier molecular flexibility index (Phi) is 7.83. The average molecular weight is 181 g/mol. The summed E-state index contributed by atoms with van der Waals surface area (Å²) in [5, 5.41) is 3.44. The van der Waals surface area contributed by atoms with Gasteiger partial charge in [-0.2, -0.15) is 0 Å². The highest BCUT2D eigenvalue weighted by molar-refractivity contribution is 4.83. The summed E-state index contributed by atoms with van der Waals surface area (Å²) >= 11 is 0. The predicted molar refractivity (Wildman–Crippen MR) is 59.6 cm³/mol. The average Bonchev–Trinajstić information content (AvgIpc) is 2.08. The molecule has 0 aliphatic rings. The zero-order valence-corrected chi connectivity index (χ0v) is 9.27. The van der Waals surface area contributed by atoms with Gasteiger partial charge in [-0.3, -0.25) is 0 Å². The molecule has 0 aliphatic heterocycles. The Labute approximate surface area is 83.3 Å². The Bertz CT molecular complexity index is 144. The lowest BCUT2D eigenvalue weighted by Gasteiger charge is -2.11. The van der Waals surface area contributed by atoms with Crippen LogP contribution in [0, 0.1) is 24.2 Å². The van der Waals surface area contributed by atoms with Crippen LogP contribution in [-0.2, 0) is 0 Å². The second-order valence-electron chi connectivity index (χ2n) is 4.23. The van der Waals surface area contributed by atoms with Gasteiger partial charge >= 0.3 is 0 Å². The smallest absolute Gasteiger partial charge is 0.00886 e. The second kappa shape index (κ2) is 8.13. The highest BCUT2D eigenvalue weighted by Gasteiger charge is 2.00. The predicted octanol–water partition coefficient (Wildman–Crippen LogP) is 2.67. The van der Waals surface area contributed by atoms with Gasteiger partial charge in [0, 0.05) is 6.42 Å². The molecule has 0 amide bonds. The second-order valence-corrected chi connectivity index (χ2v) is 4.23.